The van der Waals surface area contributed by atoms with Gasteiger partial charge in [-0.2, -0.15) is 4.98 Å². The summed E-state index contributed by atoms with van der Waals surface area (Å²) in [6.45, 7) is 7.32. The van der Waals surface area contributed by atoms with Gasteiger partial charge in [-0.05, 0) is 37.6 Å². The number of benzene rings is 1. The largest absolute Gasteiger partial charge is 0.339 e. The second-order valence-corrected chi connectivity index (χ2v) is 5.65. The summed E-state index contributed by atoms with van der Waals surface area (Å²) in [6.07, 6.45) is 1.60. The van der Waals surface area contributed by atoms with Gasteiger partial charge in [0.15, 0.2) is 5.82 Å². The zero-order valence-corrected chi connectivity index (χ0v) is 13.5. The molecule has 1 aromatic heterocycles. The van der Waals surface area contributed by atoms with Crippen molar-refractivity contribution in [2.45, 2.75) is 45.6 Å². The fraction of sp³-hybridized carbons (Fsp3) is 0.500. The molecular formula is C16H22ClN3O. The molecule has 0 radical (unpaired) electrons. The van der Waals surface area contributed by atoms with Gasteiger partial charge in [-0.25, -0.2) is 0 Å². The van der Waals surface area contributed by atoms with Gasteiger partial charge < -0.3 is 9.84 Å². The van der Waals surface area contributed by atoms with Crippen LogP contribution in [0.15, 0.2) is 28.8 Å². The highest BCUT2D eigenvalue weighted by Gasteiger charge is 2.23. The van der Waals surface area contributed by atoms with E-state index in [0.29, 0.717) is 24.2 Å². The Balaban J connectivity index is 2.09. The molecule has 4 nitrogen and oxygen atoms in total. The van der Waals surface area contributed by atoms with Gasteiger partial charge in [-0.1, -0.05) is 42.7 Å². The van der Waals surface area contributed by atoms with E-state index >= 15 is 0 Å². The lowest BCUT2D eigenvalue weighted by atomic mass is 9.98. The number of aromatic nitrogens is 2. The first kappa shape index (κ1) is 16.0. The number of nitrogens with one attached hydrogen (secondary N) is 1. The molecule has 0 spiro atoms. The fourth-order valence-corrected chi connectivity index (χ4v) is 2.74. The van der Waals surface area contributed by atoms with E-state index in [1.54, 1.807) is 0 Å². The average molecular weight is 308 g/mol. The molecule has 0 bridgehead atoms. The number of hydrogen-bond donors (Lipinski definition) is 1. The Hall–Kier alpha value is -1.39. The molecule has 2 rings (SSSR count). The molecule has 0 saturated carbocycles. The second kappa shape index (κ2) is 7.57. The topological polar surface area (TPSA) is 51.0 Å². The third-order valence-electron chi connectivity index (χ3n) is 3.62. The van der Waals surface area contributed by atoms with Gasteiger partial charge in [-0.3, -0.25) is 0 Å². The first-order chi connectivity index (χ1) is 10.1. The number of rotatable bonds is 7. The molecule has 21 heavy (non-hydrogen) atoms. The van der Waals surface area contributed by atoms with Crippen LogP contribution in [0.25, 0.3) is 0 Å². The van der Waals surface area contributed by atoms with Crippen LogP contribution in [0, 0.1) is 0 Å². The monoisotopic (exact) mass is 307 g/mol. The number of halogens is 1. The van der Waals surface area contributed by atoms with Crippen molar-refractivity contribution in [3.63, 3.8) is 0 Å². The molecule has 2 atom stereocenters. The maximum absolute atomic E-state index is 5.99. The van der Waals surface area contributed by atoms with Gasteiger partial charge in [0, 0.05) is 17.5 Å². The molecule has 1 aromatic carbocycles. The van der Waals surface area contributed by atoms with E-state index in [2.05, 4.69) is 36.2 Å². The number of nitrogens with zero attached hydrogens (tertiary/aromatic N) is 2. The van der Waals surface area contributed by atoms with E-state index in [0.717, 1.165) is 23.6 Å². The molecule has 2 aromatic rings. The Morgan fingerprint density at radius 3 is 2.81 bits per heavy atom. The van der Waals surface area contributed by atoms with Gasteiger partial charge >= 0.3 is 0 Å². The Bertz CT molecular complexity index is 570. The van der Waals surface area contributed by atoms with E-state index in [4.69, 9.17) is 16.1 Å². The number of likely N-dealkylation sites (N-methyl/N-ethyl adjacent to an activating group) is 1. The lowest BCUT2D eigenvalue weighted by molar-refractivity contribution is 0.316. The van der Waals surface area contributed by atoms with Gasteiger partial charge in [0.1, 0.15) is 0 Å². The normalized spacial score (nSPS) is 14.1. The van der Waals surface area contributed by atoms with E-state index in [1.165, 1.54) is 0 Å². The molecule has 0 aliphatic rings. The van der Waals surface area contributed by atoms with Crippen molar-refractivity contribution in [1.82, 2.24) is 15.5 Å². The van der Waals surface area contributed by atoms with Crippen LogP contribution < -0.4 is 5.32 Å². The van der Waals surface area contributed by atoms with Crippen LogP contribution in [0.5, 0.6) is 0 Å². The summed E-state index contributed by atoms with van der Waals surface area (Å²) in [7, 11) is 0. The minimum atomic E-state index is 0.241. The van der Waals surface area contributed by atoms with Crippen LogP contribution in [-0.4, -0.2) is 22.7 Å². The van der Waals surface area contributed by atoms with E-state index in [9.17, 15) is 0 Å². The number of hydrogen-bond acceptors (Lipinski definition) is 4. The highest BCUT2D eigenvalue weighted by Crippen LogP contribution is 2.22. The Kier molecular flexibility index (Phi) is 5.76. The summed E-state index contributed by atoms with van der Waals surface area (Å²) in [5.41, 5.74) is 1.09. The van der Waals surface area contributed by atoms with Crippen molar-refractivity contribution in [3.05, 3.63) is 46.6 Å². The first-order valence-electron chi connectivity index (χ1n) is 7.44. The predicted molar refractivity (Wildman–Crippen MR) is 84.7 cm³/mol. The second-order valence-electron chi connectivity index (χ2n) is 5.22. The molecule has 1 N–H and O–H groups in total. The SMILES string of the molecule is CCNC(C)C(CC)c1nc(Cc2cccc(Cl)c2)no1. The molecule has 2 unspecified atom stereocenters. The lowest BCUT2D eigenvalue weighted by Gasteiger charge is -2.19. The first-order valence-corrected chi connectivity index (χ1v) is 7.82. The molecule has 0 saturated heterocycles. The quantitative estimate of drug-likeness (QED) is 0.845. The zero-order chi connectivity index (χ0) is 15.2. The maximum Gasteiger partial charge on any atom is 0.231 e. The highest BCUT2D eigenvalue weighted by atomic mass is 35.5. The smallest absolute Gasteiger partial charge is 0.231 e. The van der Waals surface area contributed by atoms with Crippen molar-refractivity contribution in [1.29, 1.82) is 0 Å². The highest BCUT2D eigenvalue weighted by molar-refractivity contribution is 6.30. The predicted octanol–water partition coefficient (Wildman–Crippen LogP) is 3.81. The fourth-order valence-electron chi connectivity index (χ4n) is 2.53. The Morgan fingerprint density at radius 2 is 2.14 bits per heavy atom. The van der Waals surface area contributed by atoms with E-state index < -0.39 is 0 Å². The maximum atomic E-state index is 5.99. The molecular weight excluding hydrogens is 286 g/mol. The third kappa shape index (κ3) is 4.29. The van der Waals surface area contributed by atoms with Crippen LogP contribution in [-0.2, 0) is 6.42 Å². The standard InChI is InChI=1S/C16H22ClN3O/c1-4-14(11(3)18-5-2)16-19-15(20-21-16)10-12-7-6-8-13(17)9-12/h6-9,11,14,18H,4-5,10H2,1-3H3. The van der Waals surface area contributed by atoms with Crippen molar-refractivity contribution in [2.75, 3.05) is 6.54 Å². The van der Waals surface area contributed by atoms with Crippen LogP contribution in [0.2, 0.25) is 5.02 Å². The van der Waals surface area contributed by atoms with Crippen molar-refractivity contribution < 1.29 is 4.52 Å². The zero-order valence-electron chi connectivity index (χ0n) is 12.8. The summed E-state index contributed by atoms with van der Waals surface area (Å²) in [4.78, 5) is 4.55. The molecule has 0 aliphatic heterocycles. The minimum Gasteiger partial charge on any atom is -0.339 e. The Morgan fingerprint density at radius 1 is 1.33 bits per heavy atom. The van der Waals surface area contributed by atoms with Crippen LogP contribution in [0.1, 0.15) is 50.4 Å². The van der Waals surface area contributed by atoms with Crippen molar-refractivity contribution in [2.24, 2.45) is 0 Å². The molecule has 114 valence electrons. The lowest BCUT2D eigenvalue weighted by Crippen LogP contribution is -2.31. The molecule has 0 aliphatic carbocycles. The summed E-state index contributed by atoms with van der Waals surface area (Å²) >= 11 is 5.99. The molecule has 5 heteroatoms. The Labute approximate surface area is 130 Å². The van der Waals surface area contributed by atoms with Gasteiger partial charge in [-0.15, -0.1) is 0 Å². The molecule has 0 fully saturated rings. The van der Waals surface area contributed by atoms with Crippen LogP contribution in [0.4, 0.5) is 0 Å². The van der Waals surface area contributed by atoms with E-state index in [-0.39, 0.29) is 5.92 Å². The van der Waals surface area contributed by atoms with Crippen LogP contribution in [0.3, 0.4) is 0 Å². The van der Waals surface area contributed by atoms with Gasteiger partial charge in [0.05, 0.1) is 5.92 Å². The van der Waals surface area contributed by atoms with Crippen molar-refractivity contribution >= 4 is 11.6 Å². The van der Waals surface area contributed by atoms with Gasteiger partial charge in [0.2, 0.25) is 5.89 Å². The minimum absolute atomic E-state index is 0.241. The summed E-state index contributed by atoms with van der Waals surface area (Å²) in [5, 5.41) is 8.24. The van der Waals surface area contributed by atoms with Crippen molar-refractivity contribution in [3.8, 4) is 0 Å². The molecule has 0 amide bonds. The van der Waals surface area contributed by atoms with Crippen LogP contribution >= 0.6 is 11.6 Å². The summed E-state index contributed by atoms with van der Waals surface area (Å²) in [6, 6.07) is 8.05. The summed E-state index contributed by atoms with van der Waals surface area (Å²) < 4.78 is 5.45. The molecule has 1 heterocycles. The average Bonchev–Trinajstić information content (AvgIpc) is 2.88. The van der Waals surface area contributed by atoms with E-state index in [1.807, 2.05) is 24.3 Å². The summed E-state index contributed by atoms with van der Waals surface area (Å²) in [5.74, 6) is 1.66. The third-order valence-corrected chi connectivity index (χ3v) is 3.86. The van der Waals surface area contributed by atoms with Gasteiger partial charge in [0.25, 0.3) is 0 Å².